The van der Waals surface area contributed by atoms with Gasteiger partial charge in [0.05, 0.1) is 5.92 Å². The van der Waals surface area contributed by atoms with Crippen LogP contribution in [-0.4, -0.2) is 46.5 Å². The molecule has 4 N–H and O–H groups in total. The van der Waals surface area contributed by atoms with Crippen molar-refractivity contribution in [2.75, 3.05) is 19.6 Å². The molecule has 5 aromatic rings. The van der Waals surface area contributed by atoms with Gasteiger partial charge in [-0.25, -0.2) is 5.48 Å². The van der Waals surface area contributed by atoms with Gasteiger partial charge in [-0.1, -0.05) is 78.9 Å². The Labute approximate surface area is 255 Å². The Morgan fingerprint density at radius 1 is 0.864 bits per heavy atom. The van der Waals surface area contributed by atoms with E-state index < -0.39 is 11.8 Å². The molecule has 0 atom stereocenters. The summed E-state index contributed by atoms with van der Waals surface area (Å²) in [7, 11) is 0. The number of hydroxylamine groups is 1. The summed E-state index contributed by atoms with van der Waals surface area (Å²) in [5.41, 5.74) is 7.68. The minimum Gasteiger partial charge on any atom is -0.457 e. The Balaban J connectivity index is 1.15. The topological polar surface area (TPSA) is 107 Å². The molecular formula is C36H34N4O4. The third kappa shape index (κ3) is 6.57. The Kier molecular flexibility index (Phi) is 8.82. The maximum atomic E-state index is 13.7. The van der Waals surface area contributed by atoms with Crippen LogP contribution >= 0.6 is 0 Å². The highest BCUT2D eigenvalue weighted by atomic mass is 16.5. The zero-order valence-corrected chi connectivity index (χ0v) is 24.2. The van der Waals surface area contributed by atoms with Gasteiger partial charge in [0.15, 0.2) is 0 Å². The number of para-hydroxylation sites is 3. The molecule has 44 heavy (non-hydrogen) atoms. The molecule has 1 aliphatic heterocycles. The number of ether oxygens (including phenoxy) is 1. The van der Waals surface area contributed by atoms with Crippen molar-refractivity contribution in [3.8, 4) is 11.5 Å². The fraction of sp³-hybridized carbons (Fsp3) is 0.167. The first kappa shape index (κ1) is 28.9. The summed E-state index contributed by atoms with van der Waals surface area (Å²) < 4.78 is 6.08. The highest BCUT2D eigenvalue weighted by Gasteiger charge is 2.32. The van der Waals surface area contributed by atoms with Crippen molar-refractivity contribution < 1.29 is 19.5 Å². The number of H-pyrrole nitrogens is 1. The summed E-state index contributed by atoms with van der Waals surface area (Å²) in [6.45, 7) is 2.66. The first-order chi connectivity index (χ1) is 21.6. The SMILES string of the molecule is O=C(C=Cc1ccc(CN(CCNC(=O)C2c3ccccc3Oc3ccccc32)CCc2c[nH]c3ccccc23)cc1)NO. The number of fused-ring (bicyclic) bond motifs is 3. The third-order valence-corrected chi connectivity index (χ3v) is 7.96. The van der Waals surface area contributed by atoms with Crippen molar-refractivity contribution in [1.82, 2.24) is 20.7 Å². The quantitative estimate of drug-likeness (QED) is 0.0891. The van der Waals surface area contributed by atoms with E-state index in [1.54, 1.807) is 11.6 Å². The average molecular weight is 587 g/mol. The molecule has 1 aliphatic rings. The van der Waals surface area contributed by atoms with Gasteiger partial charge in [-0.3, -0.25) is 19.7 Å². The average Bonchev–Trinajstić information content (AvgIpc) is 3.48. The molecule has 0 radical (unpaired) electrons. The summed E-state index contributed by atoms with van der Waals surface area (Å²) in [6.07, 6.45) is 5.86. The number of hydrogen-bond donors (Lipinski definition) is 4. The van der Waals surface area contributed by atoms with Crippen LogP contribution in [0.3, 0.4) is 0 Å². The van der Waals surface area contributed by atoms with Crippen molar-refractivity contribution in [3.63, 3.8) is 0 Å². The standard InChI is InChI=1S/C36H34N4O4/c41-34(39-43)18-17-25-13-15-26(16-14-25)24-40(21-19-27-23-38-31-10-4-1-7-28(27)31)22-20-37-36(42)35-29-8-2-5-11-32(29)44-33-12-6-3-9-30(33)35/h1-18,23,35,38,43H,19-22,24H2,(H,37,42)(H,39,41). The molecule has 6 rings (SSSR count). The lowest BCUT2D eigenvalue weighted by Gasteiger charge is -2.28. The maximum absolute atomic E-state index is 13.7. The zero-order chi connectivity index (χ0) is 30.3. The largest absolute Gasteiger partial charge is 0.457 e. The van der Waals surface area contributed by atoms with E-state index in [4.69, 9.17) is 9.94 Å². The number of carbonyl (C=O) groups is 2. The van der Waals surface area contributed by atoms with E-state index in [-0.39, 0.29) is 5.91 Å². The molecule has 0 saturated carbocycles. The number of aromatic amines is 1. The number of carbonyl (C=O) groups excluding carboxylic acids is 2. The third-order valence-electron chi connectivity index (χ3n) is 7.96. The van der Waals surface area contributed by atoms with Crippen molar-refractivity contribution >= 4 is 28.8 Å². The normalized spacial score (nSPS) is 12.6. The number of nitrogens with zero attached hydrogens (tertiary/aromatic N) is 1. The summed E-state index contributed by atoms with van der Waals surface area (Å²) >= 11 is 0. The molecule has 0 saturated heterocycles. The molecule has 8 nitrogen and oxygen atoms in total. The van der Waals surface area contributed by atoms with Crippen LogP contribution in [0.4, 0.5) is 0 Å². The van der Waals surface area contributed by atoms with Crippen LogP contribution in [0, 0.1) is 0 Å². The fourth-order valence-electron chi connectivity index (χ4n) is 5.72. The number of hydrogen-bond acceptors (Lipinski definition) is 5. The van der Waals surface area contributed by atoms with Crippen LogP contribution in [0.1, 0.15) is 33.7 Å². The predicted molar refractivity (Wildman–Crippen MR) is 170 cm³/mol. The lowest BCUT2D eigenvalue weighted by atomic mass is 9.87. The van der Waals surface area contributed by atoms with Gasteiger partial charge >= 0.3 is 0 Å². The number of nitrogens with one attached hydrogen (secondary N) is 3. The predicted octanol–water partition coefficient (Wildman–Crippen LogP) is 5.79. The second kappa shape index (κ2) is 13.4. The maximum Gasteiger partial charge on any atom is 0.267 e. The van der Waals surface area contributed by atoms with Gasteiger partial charge in [0.25, 0.3) is 5.91 Å². The van der Waals surface area contributed by atoms with E-state index in [2.05, 4.69) is 39.6 Å². The lowest BCUT2D eigenvalue weighted by Crippen LogP contribution is -2.38. The molecule has 1 aromatic heterocycles. The molecule has 0 bridgehead atoms. The van der Waals surface area contributed by atoms with Crippen LogP contribution < -0.4 is 15.5 Å². The minimum absolute atomic E-state index is 0.0483. The fourth-order valence-corrected chi connectivity index (χ4v) is 5.72. The van der Waals surface area contributed by atoms with Gasteiger partial charge in [-0.15, -0.1) is 0 Å². The highest BCUT2D eigenvalue weighted by molar-refractivity contribution is 5.91. The second-order valence-corrected chi connectivity index (χ2v) is 10.8. The van der Waals surface area contributed by atoms with E-state index in [1.165, 1.54) is 17.0 Å². The van der Waals surface area contributed by atoms with Gasteiger partial charge in [-0.2, -0.15) is 0 Å². The van der Waals surface area contributed by atoms with Gasteiger partial charge in [-0.05, 0) is 47.4 Å². The smallest absolute Gasteiger partial charge is 0.267 e. The van der Waals surface area contributed by atoms with Crippen LogP contribution in [0.25, 0.3) is 17.0 Å². The molecule has 0 aliphatic carbocycles. The van der Waals surface area contributed by atoms with Crippen LogP contribution in [-0.2, 0) is 22.6 Å². The first-order valence-electron chi connectivity index (χ1n) is 14.7. The number of rotatable bonds is 11. The monoisotopic (exact) mass is 586 g/mol. The van der Waals surface area contributed by atoms with Gasteiger partial charge < -0.3 is 15.0 Å². The lowest BCUT2D eigenvalue weighted by molar-refractivity contribution is -0.124. The summed E-state index contributed by atoms with van der Waals surface area (Å²) in [4.78, 5) is 30.7. The summed E-state index contributed by atoms with van der Waals surface area (Å²) in [6, 6.07) is 31.7. The van der Waals surface area contributed by atoms with E-state index in [9.17, 15) is 9.59 Å². The summed E-state index contributed by atoms with van der Waals surface area (Å²) in [5, 5.41) is 13.1. The number of amides is 2. The van der Waals surface area contributed by atoms with E-state index >= 15 is 0 Å². The molecule has 0 unspecified atom stereocenters. The van der Waals surface area contributed by atoms with Crippen molar-refractivity contribution in [2.24, 2.45) is 0 Å². The number of aromatic nitrogens is 1. The van der Waals surface area contributed by atoms with Crippen LogP contribution in [0.2, 0.25) is 0 Å². The zero-order valence-electron chi connectivity index (χ0n) is 24.2. The summed E-state index contributed by atoms with van der Waals surface area (Å²) in [5.74, 6) is 0.355. The number of benzene rings is 4. The molecule has 2 heterocycles. The van der Waals surface area contributed by atoms with E-state index in [0.29, 0.717) is 31.1 Å². The van der Waals surface area contributed by atoms with Gasteiger partial charge in [0.2, 0.25) is 5.91 Å². The molecule has 4 aromatic carbocycles. The van der Waals surface area contributed by atoms with Gasteiger partial charge in [0, 0.05) is 60.5 Å². The van der Waals surface area contributed by atoms with Crippen molar-refractivity contribution in [1.29, 1.82) is 0 Å². The van der Waals surface area contributed by atoms with Gasteiger partial charge in [0.1, 0.15) is 11.5 Å². The van der Waals surface area contributed by atoms with Crippen molar-refractivity contribution in [2.45, 2.75) is 18.9 Å². The minimum atomic E-state index is -0.577. The Morgan fingerprint density at radius 2 is 1.55 bits per heavy atom. The Morgan fingerprint density at radius 3 is 2.27 bits per heavy atom. The molecule has 0 spiro atoms. The Bertz CT molecular complexity index is 1750. The Hall–Kier alpha value is -5.18. The van der Waals surface area contributed by atoms with E-state index in [0.717, 1.165) is 40.7 Å². The van der Waals surface area contributed by atoms with Crippen molar-refractivity contribution in [3.05, 3.63) is 137 Å². The van der Waals surface area contributed by atoms with Crippen LogP contribution in [0.5, 0.6) is 11.5 Å². The highest BCUT2D eigenvalue weighted by Crippen LogP contribution is 2.43. The van der Waals surface area contributed by atoms with E-state index in [1.807, 2.05) is 78.9 Å². The molecule has 0 fully saturated rings. The van der Waals surface area contributed by atoms with Crippen LogP contribution in [0.15, 0.2) is 109 Å². The molecule has 8 heteroatoms. The molecular weight excluding hydrogens is 552 g/mol. The molecule has 222 valence electrons. The first-order valence-corrected chi connectivity index (χ1v) is 14.7. The second-order valence-electron chi connectivity index (χ2n) is 10.8. The molecule has 2 amide bonds.